The third kappa shape index (κ3) is 4.02. The second-order valence-electron chi connectivity index (χ2n) is 9.33. The van der Waals surface area contributed by atoms with Gasteiger partial charge in [-0.3, -0.25) is 4.98 Å². The Morgan fingerprint density at radius 3 is 1.93 bits per heavy atom. The van der Waals surface area contributed by atoms with Gasteiger partial charge in [0.2, 0.25) is 0 Å². The van der Waals surface area contributed by atoms with Gasteiger partial charge in [-0.15, -0.1) is 0 Å². The largest absolute Gasteiger partial charge is 0.378 e. The standard InChI is InChI=1S/C24H31N3OSi/c1-7-29(5,6)21-11-8-18(9-12-21)19-10-13-22(27-14-19)24(28,23(2,3)4)20-15-25-17-26-16-20/h8-17,28H,7H2,1-6H3. The van der Waals surface area contributed by atoms with E-state index < -0.39 is 19.1 Å². The monoisotopic (exact) mass is 405 g/mol. The van der Waals surface area contributed by atoms with Crippen LogP contribution in [0.2, 0.25) is 19.1 Å². The number of benzene rings is 1. The molecule has 1 unspecified atom stereocenters. The molecule has 3 aromatic rings. The molecule has 0 aliphatic carbocycles. The lowest BCUT2D eigenvalue weighted by Gasteiger charge is -2.39. The summed E-state index contributed by atoms with van der Waals surface area (Å²) in [7, 11) is -1.33. The summed E-state index contributed by atoms with van der Waals surface area (Å²) in [6, 6.07) is 14.0. The van der Waals surface area contributed by atoms with Gasteiger partial charge in [-0.25, -0.2) is 9.97 Å². The molecule has 0 fully saturated rings. The smallest absolute Gasteiger partial charge is 0.139 e. The highest BCUT2D eigenvalue weighted by Gasteiger charge is 2.45. The molecule has 0 spiro atoms. The molecule has 1 aromatic carbocycles. The summed E-state index contributed by atoms with van der Waals surface area (Å²) in [5.74, 6) is 0. The van der Waals surface area contributed by atoms with Gasteiger partial charge in [0, 0.05) is 35.1 Å². The van der Waals surface area contributed by atoms with Crippen LogP contribution in [-0.4, -0.2) is 28.1 Å². The van der Waals surface area contributed by atoms with Gasteiger partial charge in [0.25, 0.3) is 0 Å². The summed E-state index contributed by atoms with van der Waals surface area (Å²) >= 11 is 0. The maximum Gasteiger partial charge on any atom is 0.139 e. The molecule has 0 aliphatic rings. The van der Waals surface area contributed by atoms with Gasteiger partial charge in [0.1, 0.15) is 11.9 Å². The van der Waals surface area contributed by atoms with Crippen molar-refractivity contribution in [3.8, 4) is 11.1 Å². The van der Waals surface area contributed by atoms with Gasteiger partial charge in [0.15, 0.2) is 0 Å². The first-order valence-electron chi connectivity index (χ1n) is 10.1. The minimum absolute atomic E-state index is 0.482. The van der Waals surface area contributed by atoms with Gasteiger partial charge in [-0.05, 0) is 11.6 Å². The molecule has 4 nitrogen and oxygen atoms in total. The Balaban J connectivity index is 1.97. The molecular formula is C24H31N3OSi. The Hall–Kier alpha value is -2.37. The minimum atomic E-state index is -1.33. The number of aliphatic hydroxyl groups is 1. The van der Waals surface area contributed by atoms with E-state index in [-0.39, 0.29) is 0 Å². The van der Waals surface area contributed by atoms with Crippen molar-refractivity contribution in [2.45, 2.75) is 52.4 Å². The summed E-state index contributed by atoms with van der Waals surface area (Å²) in [5.41, 5.74) is 1.65. The van der Waals surface area contributed by atoms with Crippen molar-refractivity contribution in [1.29, 1.82) is 0 Å². The van der Waals surface area contributed by atoms with E-state index in [1.165, 1.54) is 17.6 Å². The van der Waals surface area contributed by atoms with Crippen molar-refractivity contribution < 1.29 is 5.11 Å². The Bertz CT molecular complexity index is 948. The van der Waals surface area contributed by atoms with Crippen molar-refractivity contribution in [2.24, 2.45) is 5.41 Å². The second kappa shape index (κ2) is 7.80. The average Bonchev–Trinajstić information content (AvgIpc) is 2.73. The van der Waals surface area contributed by atoms with Crippen molar-refractivity contribution in [2.75, 3.05) is 0 Å². The second-order valence-corrected chi connectivity index (χ2v) is 14.4. The molecule has 1 N–H and O–H groups in total. The number of hydrogen-bond donors (Lipinski definition) is 1. The number of rotatable bonds is 5. The molecule has 3 rings (SSSR count). The molecule has 0 radical (unpaired) electrons. The quantitative estimate of drug-likeness (QED) is 0.622. The number of hydrogen-bond acceptors (Lipinski definition) is 4. The fourth-order valence-corrected chi connectivity index (χ4v) is 5.02. The number of pyridine rings is 1. The fourth-order valence-electron chi connectivity index (χ4n) is 3.55. The molecule has 0 saturated carbocycles. The SMILES string of the molecule is CC[Si](C)(C)c1ccc(-c2ccc(C(O)(c3cncnc3)C(C)(C)C)nc2)cc1. The first-order valence-corrected chi connectivity index (χ1v) is 13.4. The zero-order valence-corrected chi connectivity index (χ0v) is 19.3. The molecule has 5 heteroatoms. The van der Waals surface area contributed by atoms with Crippen LogP contribution in [0, 0.1) is 5.41 Å². The molecule has 2 aromatic heterocycles. The highest BCUT2D eigenvalue weighted by Crippen LogP contribution is 2.43. The third-order valence-corrected chi connectivity index (χ3v) is 9.75. The van der Waals surface area contributed by atoms with E-state index in [9.17, 15) is 5.11 Å². The van der Waals surface area contributed by atoms with Gasteiger partial charge in [0.05, 0.1) is 13.8 Å². The van der Waals surface area contributed by atoms with E-state index in [1.54, 1.807) is 12.4 Å². The topological polar surface area (TPSA) is 58.9 Å². The lowest BCUT2D eigenvalue weighted by molar-refractivity contribution is -0.0301. The molecule has 152 valence electrons. The molecule has 0 amide bonds. The van der Waals surface area contributed by atoms with E-state index in [1.807, 2.05) is 39.1 Å². The summed E-state index contributed by atoms with van der Waals surface area (Å²) < 4.78 is 0. The predicted molar refractivity (Wildman–Crippen MR) is 122 cm³/mol. The van der Waals surface area contributed by atoms with Gasteiger partial charge >= 0.3 is 0 Å². The van der Waals surface area contributed by atoms with Crippen LogP contribution < -0.4 is 5.19 Å². The molecule has 2 heterocycles. The molecular weight excluding hydrogens is 374 g/mol. The van der Waals surface area contributed by atoms with Crippen LogP contribution in [0.25, 0.3) is 11.1 Å². The van der Waals surface area contributed by atoms with Gasteiger partial charge < -0.3 is 5.11 Å². The summed E-state index contributed by atoms with van der Waals surface area (Å²) in [6.07, 6.45) is 6.63. The Labute approximate surface area is 175 Å². The zero-order chi connectivity index (χ0) is 21.3. The fraction of sp³-hybridized carbons (Fsp3) is 0.375. The van der Waals surface area contributed by atoms with E-state index >= 15 is 0 Å². The van der Waals surface area contributed by atoms with Crippen LogP contribution in [0.4, 0.5) is 0 Å². The van der Waals surface area contributed by atoms with Crippen LogP contribution in [0.1, 0.15) is 39.0 Å². The average molecular weight is 406 g/mol. The maximum atomic E-state index is 11.7. The highest BCUT2D eigenvalue weighted by atomic mass is 28.3. The van der Waals surface area contributed by atoms with Crippen LogP contribution in [-0.2, 0) is 5.60 Å². The predicted octanol–water partition coefficient (Wildman–Crippen LogP) is 4.76. The van der Waals surface area contributed by atoms with Crippen LogP contribution in [0.3, 0.4) is 0 Å². The zero-order valence-electron chi connectivity index (χ0n) is 18.3. The highest BCUT2D eigenvalue weighted by molar-refractivity contribution is 6.89. The van der Waals surface area contributed by atoms with Crippen molar-refractivity contribution in [3.63, 3.8) is 0 Å². The normalized spacial score (nSPS) is 14.4. The van der Waals surface area contributed by atoms with Crippen LogP contribution in [0.15, 0.2) is 61.3 Å². The molecule has 1 atom stereocenters. The van der Waals surface area contributed by atoms with Crippen molar-refractivity contribution >= 4 is 13.3 Å². The molecule has 29 heavy (non-hydrogen) atoms. The summed E-state index contributed by atoms with van der Waals surface area (Å²) in [5, 5.41) is 13.1. The van der Waals surface area contributed by atoms with Gasteiger partial charge in [-0.1, -0.05) is 82.4 Å². The Morgan fingerprint density at radius 1 is 0.862 bits per heavy atom. The molecule has 0 aliphatic heterocycles. The molecule has 0 bridgehead atoms. The Morgan fingerprint density at radius 2 is 1.45 bits per heavy atom. The summed E-state index contributed by atoms with van der Waals surface area (Å²) in [6.45, 7) is 13.1. The lowest BCUT2D eigenvalue weighted by Crippen LogP contribution is -2.42. The van der Waals surface area contributed by atoms with Crippen LogP contribution in [0.5, 0.6) is 0 Å². The number of aromatic nitrogens is 3. The van der Waals surface area contributed by atoms with E-state index in [0.29, 0.717) is 11.3 Å². The van der Waals surface area contributed by atoms with Crippen molar-refractivity contribution in [1.82, 2.24) is 15.0 Å². The third-order valence-electron chi connectivity index (χ3n) is 6.08. The summed E-state index contributed by atoms with van der Waals surface area (Å²) in [4.78, 5) is 12.8. The first-order chi connectivity index (χ1) is 13.6. The van der Waals surface area contributed by atoms with E-state index in [2.05, 4.69) is 59.2 Å². The molecule has 0 saturated heterocycles. The van der Waals surface area contributed by atoms with Crippen LogP contribution >= 0.6 is 0 Å². The van der Waals surface area contributed by atoms with Crippen molar-refractivity contribution in [3.05, 3.63) is 72.6 Å². The first kappa shape index (κ1) is 21.3. The van der Waals surface area contributed by atoms with E-state index in [0.717, 1.165) is 11.1 Å². The lowest BCUT2D eigenvalue weighted by atomic mass is 9.70. The maximum absolute atomic E-state index is 11.7. The van der Waals surface area contributed by atoms with Gasteiger partial charge in [-0.2, -0.15) is 0 Å². The minimum Gasteiger partial charge on any atom is -0.378 e. The Kier molecular flexibility index (Phi) is 5.74. The van der Waals surface area contributed by atoms with E-state index in [4.69, 9.17) is 0 Å². The number of nitrogens with zero attached hydrogens (tertiary/aromatic N) is 3.